The number of ether oxygens (including phenoxy) is 2. The zero-order chi connectivity index (χ0) is 9.14. The smallest absolute Gasteiger partial charge is 0.304 e. The van der Waals surface area contributed by atoms with Crippen molar-refractivity contribution in [1.29, 1.82) is 0 Å². The van der Waals surface area contributed by atoms with Crippen LogP contribution in [-0.4, -0.2) is 34.1 Å². The minimum atomic E-state index is -0.919. The standard InChI is InChI=1S/C7H12O4S/c1-5-3-12(9)4-7(10-5)11-6(2)8/h5,7H,3-4H2,1-2H3/t5-,7+,12?/m1/s1. The first-order chi connectivity index (χ1) is 5.58. The highest BCUT2D eigenvalue weighted by molar-refractivity contribution is 7.85. The first kappa shape index (κ1) is 9.67. The predicted molar refractivity (Wildman–Crippen MR) is 44.0 cm³/mol. The van der Waals surface area contributed by atoms with E-state index in [1.165, 1.54) is 6.92 Å². The van der Waals surface area contributed by atoms with Crippen LogP contribution in [0.25, 0.3) is 0 Å². The molecule has 0 aromatic carbocycles. The molecule has 0 N–H and O–H groups in total. The number of hydrogen-bond donors (Lipinski definition) is 0. The quantitative estimate of drug-likeness (QED) is 0.550. The normalized spacial score (nSPS) is 36.0. The van der Waals surface area contributed by atoms with E-state index in [1.807, 2.05) is 6.92 Å². The highest BCUT2D eigenvalue weighted by Crippen LogP contribution is 2.11. The van der Waals surface area contributed by atoms with E-state index in [2.05, 4.69) is 0 Å². The van der Waals surface area contributed by atoms with E-state index in [0.717, 1.165) is 0 Å². The Bertz CT molecular complexity index is 202. The van der Waals surface area contributed by atoms with Crippen molar-refractivity contribution in [2.24, 2.45) is 0 Å². The van der Waals surface area contributed by atoms with Crippen molar-refractivity contribution in [3.8, 4) is 0 Å². The van der Waals surface area contributed by atoms with Gasteiger partial charge in [0.05, 0.1) is 11.9 Å². The molecule has 1 rings (SSSR count). The fraction of sp³-hybridized carbons (Fsp3) is 0.857. The van der Waals surface area contributed by atoms with Gasteiger partial charge in [-0.2, -0.15) is 0 Å². The molecule has 1 unspecified atom stereocenters. The van der Waals surface area contributed by atoms with Gasteiger partial charge in [-0.25, -0.2) is 0 Å². The van der Waals surface area contributed by atoms with Crippen molar-refractivity contribution >= 4 is 16.8 Å². The number of esters is 1. The SMILES string of the molecule is CC(=O)O[C@H]1CS(=O)C[C@@H](C)O1. The third kappa shape index (κ3) is 2.91. The molecule has 0 aromatic rings. The van der Waals surface area contributed by atoms with Crippen LogP contribution in [-0.2, 0) is 25.1 Å². The molecule has 0 amide bonds. The average molecular weight is 192 g/mol. The maximum atomic E-state index is 11.1. The topological polar surface area (TPSA) is 52.6 Å². The van der Waals surface area contributed by atoms with Gasteiger partial charge in [0, 0.05) is 23.5 Å². The second-order valence-corrected chi connectivity index (χ2v) is 4.31. The van der Waals surface area contributed by atoms with Gasteiger partial charge in [0.15, 0.2) is 0 Å². The van der Waals surface area contributed by atoms with Gasteiger partial charge in [0.25, 0.3) is 0 Å². The van der Waals surface area contributed by atoms with Gasteiger partial charge >= 0.3 is 5.97 Å². The zero-order valence-corrected chi connectivity index (χ0v) is 7.93. The molecule has 0 saturated carbocycles. The van der Waals surface area contributed by atoms with E-state index in [9.17, 15) is 9.00 Å². The number of hydrogen-bond acceptors (Lipinski definition) is 4. The summed E-state index contributed by atoms with van der Waals surface area (Å²) >= 11 is 0. The zero-order valence-electron chi connectivity index (χ0n) is 7.11. The minimum absolute atomic E-state index is 0.0936. The second kappa shape index (κ2) is 4.00. The van der Waals surface area contributed by atoms with Crippen molar-refractivity contribution < 1.29 is 18.5 Å². The Balaban J connectivity index is 2.44. The first-order valence-corrected chi connectivity index (χ1v) is 5.24. The summed E-state index contributed by atoms with van der Waals surface area (Å²) < 4.78 is 21.1. The van der Waals surface area contributed by atoms with Crippen LogP contribution in [0.4, 0.5) is 0 Å². The van der Waals surface area contributed by atoms with Crippen LogP contribution in [0.15, 0.2) is 0 Å². The summed E-state index contributed by atoms with van der Waals surface area (Å²) in [6, 6.07) is 0. The lowest BCUT2D eigenvalue weighted by Crippen LogP contribution is -2.38. The van der Waals surface area contributed by atoms with E-state index in [4.69, 9.17) is 9.47 Å². The number of carbonyl (C=O) groups excluding carboxylic acids is 1. The van der Waals surface area contributed by atoms with Gasteiger partial charge in [0.1, 0.15) is 0 Å². The van der Waals surface area contributed by atoms with Crippen LogP contribution >= 0.6 is 0 Å². The van der Waals surface area contributed by atoms with E-state index in [1.54, 1.807) is 0 Å². The minimum Gasteiger partial charge on any atom is -0.435 e. The molecule has 70 valence electrons. The lowest BCUT2D eigenvalue weighted by Gasteiger charge is -2.26. The molecule has 1 fully saturated rings. The van der Waals surface area contributed by atoms with Gasteiger partial charge in [-0.1, -0.05) is 0 Å². The summed E-state index contributed by atoms with van der Waals surface area (Å²) in [6.07, 6.45) is -0.712. The molecule has 3 atom stereocenters. The van der Waals surface area contributed by atoms with Crippen LogP contribution in [0.3, 0.4) is 0 Å². The Morgan fingerprint density at radius 2 is 2.25 bits per heavy atom. The molecule has 0 aromatic heterocycles. The summed E-state index contributed by atoms with van der Waals surface area (Å²) in [5.41, 5.74) is 0. The summed E-state index contributed by atoms with van der Waals surface area (Å²) in [5.74, 6) is 0.424. The van der Waals surface area contributed by atoms with Gasteiger partial charge in [0.2, 0.25) is 6.29 Å². The molecular formula is C7H12O4S. The van der Waals surface area contributed by atoms with Crippen LogP contribution in [0, 0.1) is 0 Å². The predicted octanol–water partition coefficient (Wildman–Crippen LogP) is 0.0430. The second-order valence-electron chi connectivity index (χ2n) is 2.76. The van der Waals surface area contributed by atoms with Crippen molar-refractivity contribution in [2.45, 2.75) is 26.2 Å². The Labute approximate surface area is 73.7 Å². The fourth-order valence-electron chi connectivity index (χ4n) is 1.07. The average Bonchev–Trinajstić information content (AvgIpc) is 1.81. The highest BCUT2D eigenvalue weighted by atomic mass is 32.2. The molecule has 1 aliphatic heterocycles. The van der Waals surface area contributed by atoms with Gasteiger partial charge < -0.3 is 9.47 Å². The molecule has 1 saturated heterocycles. The Morgan fingerprint density at radius 3 is 2.75 bits per heavy atom. The molecule has 0 spiro atoms. The summed E-state index contributed by atoms with van der Waals surface area (Å²) in [6.45, 7) is 3.12. The van der Waals surface area contributed by atoms with E-state index in [0.29, 0.717) is 11.5 Å². The van der Waals surface area contributed by atoms with E-state index in [-0.39, 0.29) is 6.10 Å². The largest absolute Gasteiger partial charge is 0.435 e. The van der Waals surface area contributed by atoms with Crippen LogP contribution in [0.1, 0.15) is 13.8 Å². The van der Waals surface area contributed by atoms with Crippen LogP contribution < -0.4 is 0 Å². The van der Waals surface area contributed by atoms with Crippen molar-refractivity contribution in [3.63, 3.8) is 0 Å². The third-order valence-electron chi connectivity index (χ3n) is 1.42. The summed E-state index contributed by atoms with van der Waals surface area (Å²) in [5, 5.41) is 0. The van der Waals surface area contributed by atoms with Gasteiger partial charge in [-0.15, -0.1) is 0 Å². The van der Waals surface area contributed by atoms with Crippen molar-refractivity contribution in [2.75, 3.05) is 11.5 Å². The number of carbonyl (C=O) groups is 1. The van der Waals surface area contributed by atoms with Gasteiger partial charge in [-0.3, -0.25) is 9.00 Å². The first-order valence-electron chi connectivity index (χ1n) is 3.75. The molecule has 4 nitrogen and oxygen atoms in total. The van der Waals surface area contributed by atoms with E-state index >= 15 is 0 Å². The summed E-state index contributed by atoms with van der Waals surface area (Å²) in [7, 11) is -0.919. The van der Waals surface area contributed by atoms with Crippen LogP contribution in [0.5, 0.6) is 0 Å². The summed E-state index contributed by atoms with van der Waals surface area (Å²) in [4.78, 5) is 10.5. The van der Waals surface area contributed by atoms with Gasteiger partial charge in [-0.05, 0) is 6.92 Å². The maximum absolute atomic E-state index is 11.1. The Kier molecular flexibility index (Phi) is 3.22. The highest BCUT2D eigenvalue weighted by Gasteiger charge is 2.26. The Morgan fingerprint density at radius 1 is 1.58 bits per heavy atom. The Hall–Kier alpha value is -0.420. The fourth-order valence-corrected chi connectivity index (χ4v) is 2.25. The molecule has 12 heavy (non-hydrogen) atoms. The molecule has 1 heterocycles. The van der Waals surface area contributed by atoms with Crippen LogP contribution in [0.2, 0.25) is 0 Å². The monoisotopic (exact) mass is 192 g/mol. The third-order valence-corrected chi connectivity index (χ3v) is 2.91. The molecule has 0 aliphatic carbocycles. The van der Waals surface area contributed by atoms with Crippen molar-refractivity contribution in [3.05, 3.63) is 0 Å². The number of rotatable bonds is 1. The molecule has 0 bridgehead atoms. The van der Waals surface area contributed by atoms with E-state index < -0.39 is 23.1 Å². The lowest BCUT2D eigenvalue weighted by atomic mass is 10.4. The molecule has 5 heteroatoms. The molecule has 1 aliphatic rings. The molecular weight excluding hydrogens is 180 g/mol. The van der Waals surface area contributed by atoms with Crippen molar-refractivity contribution in [1.82, 2.24) is 0 Å². The maximum Gasteiger partial charge on any atom is 0.304 e. The lowest BCUT2D eigenvalue weighted by molar-refractivity contribution is -0.179. The molecule has 0 radical (unpaired) electrons.